The lowest BCUT2D eigenvalue weighted by molar-refractivity contribution is -0.385. The molecule has 0 N–H and O–H groups in total. The molecular formula is C14H12N2O5. The van der Waals surface area contributed by atoms with Gasteiger partial charge in [-0.2, -0.15) is 0 Å². The number of hydrogen-bond donors (Lipinski definition) is 0. The fourth-order valence-electron chi connectivity index (χ4n) is 2.95. The summed E-state index contributed by atoms with van der Waals surface area (Å²) in [7, 11) is 0. The van der Waals surface area contributed by atoms with Crippen LogP contribution in [-0.4, -0.2) is 33.3 Å². The molecule has 1 saturated carbocycles. The van der Waals surface area contributed by atoms with E-state index in [2.05, 4.69) is 0 Å². The van der Waals surface area contributed by atoms with Crippen molar-refractivity contribution in [1.82, 2.24) is 4.90 Å². The summed E-state index contributed by atoms with van der Waals surface area (Å²) < 4.78 is 0. The molecule has 1 aliphatic carbocycles. The molecule has 1 heterocycles. The average molecular weight is 288 g/mol. The Kier molecular flexibility index (Phi) is 3.04. The number of Topliss-reactive ketones (excluding diaryl/α,β-unsaturated/α-hetero) is 2. The van der Waals surface area contributed by atoms with Gasteiger partial charge in [-0.15, -0.1) is 0 Å². The minimum atomic E-state index is -0.651. The normalized spacial score (nSPS) is 21.6. The third-order valence-electron chi connectivity index (χ3n) is 3.98. The molecule has 0 radical (unpaired) electrons. The van der Waals surface area contributed by atoms with Gasteiger partial charge in [-0.05, 0) is 12.5 Å². The van der Waals surface area contributed by atoms with Crippen molar-refractivity contribution in [3.8, 4) is 0 Å². The Labute approximate surface area is 119 Å². The van der Waals surface area contributed by atoms with Crippen molar-refractivity contribution < 1.29 is 19.3 Å². The first kappa shape index (κ1) is 13.4. The Bertz CT molecular complexity index is 682. The van der Waals surface area contributed by atoms with Gasteiger partial charge in [-0.25, -0.2) is 0 Å². The Balaban J connectivity index is 1.94. The van der Waals surface area contributed by atoms with Crippen LogP contribution in [0.3, 0.4) is 0 Å². The second-order valence-corrected chi connectivity index (χ2v) is 5.23. The minimum Gasteiger partial charge on any atom is -0.324 e. The summed E-state index contributed by atoms with van der Waals surface area (Å²) in [6.07, 6.45) is 0.400. The first-order chi connectivity index (χ1) is 9.99. The van der Waals surface area contributed by atoms with Gasteiger partial charge >= 0.3 is 0 Å². The van der Waals surface area contributed by atoms with Gasteiger partial charge in [0.05, 0.1) is 35.1 Å². The van der Waals surface area contributed by atoms with E-state index in [9.17, 15) is 24.5 Å². The van der Waals surface area contributed by atoms with Gasteiger partial charge in [-0.3, -0.25) is 24.5 Å². The Morgan fingerprint density at radius 1 is 1.24 bits per heavy atom. The van der Waals surface area contributed by atoms with E-state index in [-0.39, 0.29) is 48.1 Å². The zero-order chi connectivity index (χ0) is 15.1. The summed E-state index contributed by atoms with van der Waals surface area (Å²) in [4.78, 5) is 47.4. The second kappa shape index (κ2) is 4.76. The molecule has 1 fully saturated rings. The molecule has 1 aromatic carbocycles. The number of nitrogens with zero attached hydrogens (tertiary/aromatic N) is 2. The van der Waals surface area contributed by atoms with Gasteiger partial charge in [0, 0.05) is 12.5 Å². The molecule has 7 nitrogen and oxygen atoms in total. The highest BCUT2D eigenvalue weighted by Crippen LogP contribution is 2.33. The fourth-order valence-corrected chi connectivity index (χ4v) is 2.95. The van der Waals surface area contributed by atoms with E-state index in [1.54, 1.807) is 0 Å². The van der Waals surface area contributed by atoms with Crippen molar-refractivity contribution in [3.63, 3.8) is 0 Å². The molecule has 7 heteroatoms. The van der Waals surface area contributed by atoms with Crippen LogP contribution < -0.4 is 0 Å². The Hall–Kier alpha value is -2.57. The zero-order valence-corrected chi connectivity index (χ0v) is 11.1. The minimum absolute atomic E-state index is 0.0515. The number of fused-ring (bicyclic) bond motifs is 1. The molecule has 1 atom stereocenters. The maximum Gasteiger partial charge on any atom is 0.275 e. The van der Waals surface area contributed by atoms with E-state index in [0.29, 0.717) is 12.0 Å². The molecule has 1 aliphatic heterocycles. The summed E-state index contributed by atoms with van der Waals surface area (Å²) in [6, 6.07) is 3.69. The van der Waals surface area contributed by atoms with E-state index in [4.69, 9.17) is 0 Å². The summed E-state index contributed by atoms with van der Waals surface area (Å²) >= 11 is 0. The molecule has 108 valence electrons. The standard InChI is InChI=1S/C14H12N2O5/c17-8-4-5-12(13(18)6-8)15-7-10-9(14(15)19)2-1-3-11(10)16(20)21/h1-3,12H,4-7H2/t12-/m0/s1. The predicted molar refractivity (Wildman–Crippen MR) is 70.6 cm³/mol. The number of hydrogen-bond acceptors (Lipinski definition) is 5. The maximum atomic E-state index is 12.4. The van der Waals surface area contributed by atoms with Crippen LogP contribution in [0.25, 0.3) is 0 Å². The lowest BCUT2D eigenvalue weighted by Gasteiger charge is -2.28. The van der Waals surface area contributed by atoms with Crippen molar-refractivity contribution in [3.05, 3.63) is 39.4 Å². The number of nitro benzene ring substituents is 1. The first-order valence-electron chi connectivity index (χ1n) is 6.60. The van der Waals surface area contributed by atoms with Crippen LogP contribution in [0.1, 0.15) is 35.2 Å². The van der Waals surface area contributed by atoms with Crippen molar-refractivity contribution >= 4 is 23.2 Å². The quantitative estimate of drug-likeness (QED) is 0.463. The van der Waals surface area contributed by atoms with Crippen LogP contribution >= 0.6 is 0 Å². The van der Waals surface area contributed by atoms with Gasteiger partial charge in [-0.1, -0.05) is 6.07 Å². The highest BCUT2D eigenvalue weighted by Gasteiger charge is 2.41. The maximum absolute atomic E-state index is 12.4. The SMILES string of the molecule is O=C1CC[C@H](N2Cc3c(cccc3[N+](=O)[O-])C2=O)C(=O)C1. The van der Waals surface area contributed by atoms with Crippen LogP contribution in [0.15, 0.2) is 18.2 Å². The number of ketones is 2. The molecule has 0 spiro atoms. The molecule has 0 aromatic heterocycles. The smallest absolute Gasteiger partial charge is 0.275 e. The average Bonchev–Trinajstić information content (AvgIpc) is 2.76. The number of nitro groups is 1. The highest BCUT2D eigenvalue weighted by atomic mass is 16.6. The fraction of sp³-hybridized carbons (Fsp3) is 0.357. The molecule has 0 unspecified atom stereocenters. The molecule has 2 aliphatic rings. The van der Waals surface area contributed by atoms with Crippen molar-refractivity contribution in [2.24, 2.45) is 0 Å². The molecule has 1 aromatic rings. The zero-order valence-electron chi connectivity index (χ0n) is 11.1. The summed E-state index contributed by atoms with van der Waals surface area (Å²) in [5, 5.41) is 11.0. The van der Waals surface area contributed by atoms with Gasteiger partial charge < -0.3 is 4.90 Å². The number of amides is 1. The molecule has 3 rings (SSSR count). The van der Waals surface area contributed by atoms with Gasteiger partial charge in [0.2, 0.25) is 0 Å². The topological polar surface area (TPSA) is 97.6 Å². The van der Waals surface area contributed by atoms with Crippen LogP contribution in [0.4, 0.5) is 5.69 Å². The summed E-state index contributed by atoms with van der Waals surface area (Å²) in [6.45, 7) is 0.0515. The predicted octanol–water partition coefficient (Wildman–Crippen LogP) is 1.24. The molecule has 1 amide bonds. The first-order valence-corrected chi connectivity index (χ1v) is 6.60. The van der Waals surface area contributed by atoms with Crippen LogP contribution in [-0.2, 0) is 16.1 Å². The van der Waals surface area contributed by atoms with Crippen LogP contribution in [0, 0.1) is 10.1 Å². The second-order valence-electron chi connectivity index (χ2n) is 5.23. The van der Waals surface area contributed by atoms with E-state index < -0.39 is 11.0 Å². The van der Waals surface area contributed by atoms with E-state index >= 15 is 0 Å². The van der Waals surface area contributed by atoms with E-state index in [1.807, 2.05) is 0 Å². The van der Waals surface area contributed by atoms with Crippen molar-refractivity contribution in [2.45, 2.75) is 31.8 Å². The summed E-state index contributed by atoms with van der Waals surface area (Å²) in [5.74, 6) is -0.775. The number of carbonyl (C=O) groups is 3. The molecular weight excluding hydrogens is 276 g/mol. The lowest BCUT2D eigenvalue weighted by atomic mass is 9.92. The third kappa shape index (κ3) is 2.10. The summed E-state index contributed by atoms with van der Waals surface area (Å²) in [5.41, 5.74) is 0.508. The Morgan fingerprint density at radius 3 is 2.67 bits per heavy atom. The van der Waals surface area contributed by atoms with Crippen LogP contribution in [0.2, 0.25) is 0 Å². The molecule has 21 heavy (non-hydrogen) atoms. The number of rotatable bonds is 2. The third-order valence-corrected chi connectivity index (χ3v) is 3.98. The monoisotopic (exact) mass is 288 g/mol. The van der Waals surface area contributed by atoms with E-state index in [1.165, 1.54) is 23.1 Å². The molecule has 0 saturated heterocycles. The molecule has 0 bridgehead atoms. The Morgan fingerprint density at radius 2 is 2.00 bits per heavy atom. The highest BCUT2D eigenvalue weighted by molar-refractivity contribution is 6.07. The lowest BCUT2D eigenvalue weighted by Crippen LogP contribution is -2.44. The van der Waals surface area contributed by atoms with E-state index in [0.717, 1.165) is 0 Å². The van der Waals surface area contributed by atoms with Crippen LogP contribution in [0.5, 0.6) is 0 Å². The van der Waals surface area contributed by atoms with Crippen molar-refractivity contribution in [1.29, 1.82) is 0 Å². The number of benzene rings is 1. The largest absolute Gasteiger partial charge is 0.324 e. The van der Waals surface area contributed by atoms with Gasteiger partial charge in [0.15, 0.2) is 5.78 Å². The van der Waals surface area contributed by atoms with Gasteiger partial charge in [0.1, 0.15) is 5.78 Å². The number of carbonyl (C=O) groups excluding carboxylic acids is 3. The van der Waals surface area contributed by atoms with Crippen molar-refractivity contribution in [2.75, 3.05) is 0 Å². The van der Waals surface area contributed by atoms with Gasteiger partial charge in [0.25, 0.3) is 11.6 Å².